The second-order valence-electron chi connectivity index (χ2n) is 8.33. The van der Waals surface area contributed by atoms with E-state index in [4.69, 9.17) is 10.8 Å². The third-order valence-electron chi connectivity index (χ3n) is 4.91. The van der Waals surface area contributed by atoms with Crippen LogP contribution < -0.4 is 21.7 Å². The molecule has 184 valence electrons. The van der Waals surface area contributed by atoms with Crippen molar-refractivity contribution in [3.05, 3.63) is 0 Å². The number of nitrogens with two attached hydrogens (primary N) is 1. The fourth-order valence-corrected chi connectivity index (χ4v) is 2.86. The van der Waals surface area contributed by atoms with Gasteiger partial charge in [-0.05, 0) is 25.2 Å². The summed E-state index contributed by atoms with van der Waals surface area (Å²) >= 11 is 0. The van der Waals surface area contributed by atoms with Crippen LogP contribution in [0.1, 0.15) is 53.9 Å². The second kappa shape index (κ2) is 13.6. The van der Waals surface area contributed by atoms with Gasteiger partial charge in [0.1, 0.15) is 18.1 Å². The quantitative estimate of drug-likeness (QED) is 0.166. The highest BCUT2D eigenvalue weighted by Crippen LogP contribution is 2.09. The van der Waals surface area contributed by atoms with Crippen molar-refractivity contribution in [1.29, 1.82) is 0 Å². The van der Waals surface area contributed by atoms with E-state index in [0.29, 0.717) is 12.8 Å². The molecule has 0 bridgehead atoms. The Hall–Kier alpha value is -2.73. The lowest BCUT2D eigenvalue weighted by Crippen LogP contribution is -2.60. The molecule has 0 radical (unpaired) electrons. The van der Waals surface area contributed by atoms with Gasteiger partial charge < -0.3 is 37.0 Å². The van der Waals surface area contributed by atoms with Crippen LogP contribution in [0.25, 0.3) is 0 Å². The first-order valence-corrected chi connectivity index (χ1v) is 10.5. The minimum Gasteiger partial charge on any atom is -0.481 e. The maximum Gasteiger partial charge on any atom is 0.326 e. The van der Waals surface area contributed by atoms with Gasteiger partial charge in [0.05, 0.1) is 18.6 Å². The summed E-state index contributed by atoms with van der Waals surface area (Å²) in [5.41, 5.74) is 5.77. The molecule has 8 N–H and O–H groups in total. The number of carboxylic acid groups (broad SMARTS) is 2. The maximum absolute atomic E-state index is 12.7. The standard InChI is InChI=1S/C20H36N4O8/c1-6-10(4)15(20(31)32)23-19(30)16(11(5)25)24-18(29)13(8-14(26)27)22-17(28)12(21)7-9(2)3/h9-13,15-16,25H,6-8,21H2,1-5H3,(H,22,28)(H,23,30)(H,24,29)(H,26,27)(H,31,32). The number of hydrogen-bond donors (Lipinski definition) is 7. The van der Waals surface area contributed by atoms with Crippen molar-refractivity contribution >= 4 is 29.7 Å². The Kier molecular flexibility index (Phi) is 12.5. The molecule has 12 heteroatoms. The summed E-state index contributed by atoms with van der Waals surface area (Å²) in [5.74, 6) is -5.74. The normalized spacial score (nSPS) is 16.8. The third-order valence-corrected chi connectivity index (χ3v) is 4.91. The maximum atomic E-state index is 12.7. The van der Waals surface area contributed by atoms with Crippen LogP contribution in [-0.2, 0) is 24.0 Å². The molecule has 0 aliphatic carbocycles. The number of rotatable bonds is 14. The fraction of sp³-hybridized carbons (Fsp3) is 0.750. The Morgan fingerprint density at radius 3 is 1.78 bits per heavy atom. The number of nitrogens with one attached hydrogen (secondary N) is 3. The summed E-state index contributed by atoms with van der Waals surface area (Å²) in [7, 11) is 0. The molecule has 3 amide bonds. The van der Waals surface area contributed by atoms with Gasteiger partial charge in [-0.25, -0.2) is 4.79 Å². The molecule has 32 heavy (non-hydrogen) atoms. The van der Waals surface area contributed by atoms with E-state index in [-0.39, 0.29) is 5.92 Å². The summed E-state index contributed by atoms with van der Waals surface area (Å²) in [6.45, 7) is 8.24. The average molecular weight is 461 g/mol. The molecule has 0 rings (SSSR count). The topological polar surface area (TPSA) is 208 Å². The van der Waals surface area contributed by atoms with Gasteiger partial charge in [-0.1, -0.05) is 34.1 Å². The molecular formula is C20H36N4O8. The van der Waals surface area contributed by atoms with Crippen molar-refractivity contribution in [1.82, 2.24) is 16.0 Å². The van der Waals surface area contributed by atoms with Crippen molar-refractivity contribution in [2.24, 2.45) is 17.6 Å². The van der Waals surface area contributed by atoms with E-state index in [2.05, 4.69) is 16.0 Å². The Balaban J connectivity index is 5.48. The van der Waals surface area contributed by atoms with Crippen molar-refractivity contribution in [2.45, 2.75) is 84.2 Å². The molecule has 0 aliphatic rings. The van der Waals surface area contributed by atoms with E-state index in [1.54, 1.807) is 13.8 Å². The zero-order chi connectivity index (χ0) is 25.2. The molecule has 0 aromatic heterocycles. The zero-order valence-electron chi connectivity index (χ0n) is 19.1. The first kappa shape index (κ1) is 29.3. The molecule has 0 saturated heterocycles. The van der Waals surface area contributed by atoms with Crippen LogP contribution in [0.15, 0.2) is 0 Å². The van der Waals surface area contributed by atoms with E-state index < -0.39 is 72.3 Å². The highest BCUT2D eigenvalue weighted by atomic mass is 16.4. The molecule has 0 heterocycles. The van der Waals surface area contributed by atoms with Crippen molar-refractivity contribution in [3.63, 3.8) is 0 Å². The van der Waals surface area contributed by atoms with E-state index in [1.807, 2.05) is 13.8 Å². The molecule has 0 aromatic carbocycles. The Labute approximate surface area is 187 Å². The van der Waals surface area contributed by atoms with E-state index in [0.717, 1.165) is 0 Å². The molecule has 6 unspecified atom stereocenters. The largest absolute Gasteiger partial charge is 0.481 e. The van der Waals surface area contributed by atoms with Crippen LogP contribution in [-0.4, -0.2) is 75.3 Å². The van der Waals surface area contributed by atoms with E-state index >= 15 is 0 Å². The highest BCUT2D eigenvalue weighted by Gasteiger charge is 2.34. The van der Waals surface area contributed by atoms with Gasteiger partial charge in [-0.15, -0.1) is 0 Å². The van der Waals surface area contributed by atoms with Gasteiger partial charge in [-0.2, -0.15) is 0 Å². The van der Waals surface area contributed by atoms with Gasteiger partial charge in [-0.3, -0.25) is 19.2 Å². The van der Waals surface area contributed by atoms with E-state index in [9.17, 15) is 34.2 Å². The molecular weight excluding hydrogens is 424 g/mol. The van der Waals surface area contributed by atoms with E-state index in [1.165, 1.54) is 6.92 Å². The predicted molar refractivity (Wildman–Crippen MR) is 114 cm³/mol. The number of amides is 3. The molecule has 0 aliphatic heterocycles. The first-order valence-electron chi connectivity index (χ1n) is 10.5. The van der Waals surface area contributed by atoms with Crippen LogP contribution in [0, 0.1) is 11.8 Å². The van der Waals surface area contributed by atoms with Gasteiger partial charge in [0, 0.05) is 0 Å². The molecule has 0 saturated carbocycles. The first-order chi connectivity index (χ1) is 14.7. The van der Waals surface area contributed by atoms with Crippen LogP contribution in [0.2, 0.25) is 0 Å². The summed E-state index contributed by atoms with van der Waals surface area (Å²) in [6, 6.07) is -5.36. The van der Waals surface area contributed by atoms with Crippen LogP contribution in [0.4, 0.5) is 0 Å². The van der Waals surface area contributed by atoms with Gasteiger partial charge in [0.15, 0.2) is 0 Å². The van der Waals surface area contributed by atoms with Gasteiger partial charge in [0.25, 0.3) is 0 Å². The molecule has 0 spiro atoms. The van der Waals surface area contributed by atoms with Crippen LogP contribution in [0.5, 0.6) is 0 Å². The summed E-state index contributed by atoms with van der Waals surface area (Å²) in [6.07, 6.45) is -1.47. The monoisotopic (exact) mass is 460 g/mol. The fourth-order valence-electron chi connectivity index (χ4n) is 2.86. The Morgan fingerprint density at radius 1 is 0.844 bits per heavy atom. The molecule has 12 nitrogen and oxygen atoms in total. The Morgan fingerprint density at radius 2 is 1.38 bits per heavy atom. The molecule has 6 atom stereocenters. The van der Waals surface area contributed by atoms with Crippen LogP contribution >= 0.6 is 0 Å². The number of carbonyl (C=O) groups is 5. The lowest BCUT2D eigenvalue weighted by atomic mass is 9.98. The third kappa shape index (κ3) is 10.1. The van der Waals surface area contributed by atoms with Gasteiger partial charge >= 0.3 is 11.9 Å². The number of carbonyl (C=O) groups excluding carboxylic acids is 3. The number of aliphatic hydroxyl groups excluding tert-OH is 1. The molecule has 0 aromatic rings. The second-order valence-corrected chi connectivity index (χ2v) is 8.33. The number of carboxylic acids is 2. The zero-order valence-corrected chi connectivity index (χ0v) is 19.1. The number of aliphatic carboxylic acids is 2. The van der Waals surface area contributed by atoms with Gasteiger partial charge in [0.2, 0.25) is 17.7 Å². The van der Waals surface area contributed by atoms with Crippen molar-refractivity contribution in [2.75, 3.05) is 0 Å². The average Bonchev–Trinajstić information content (AvgIpc) is 2.67. The smallest absolute Gasteiger partial charge is 0.326 e. The van der Waals surface area contributed by atoms with Crippen molar-refractivity contribution in [3.8, 4) is 0 Å². The number of aliphatic hydroxyl groups is 1. The molecule has 0 fully saturated rings. The minimum atomic E-state index is -1.58. The van der Waals surface area contributed by atoms with Crippen molar-refractivity contribution < 1.29 is 39.3 Å². The predicted octanol–water partition coefficient (Wildman–Crippen LogP) is -1.20. The summed E-state index contributed by atoms with van der Waals surface area (Å²) in [4.78, 5) is 60.1. The number of hydrogen-bond acceptors (Lipinski definition) is 7. The van der Waals surface area contributed by atoms with Crippen LogP contribution in [0.3, 0.4) is 0 Å². The Bertz CT molecular complexity index is 683. The SMILES string of the molecule is CCC(C)C(NC(=O)C(NC(=O)C(CC(=O)O)NC(=O)C(N)CC(C)C)C(C)O)C(=O)O. The minimum absolute atomic E-state index is 0.0820. The lowest BCUT2D eigenvalue weighted by Gasteiger charge is -2.27. The summed E-state index contributed by atoms with van der Waals surface area (Å²) in [5, 5.41) is 35.1. The highest BCUT2D eigenvalue weighted by molar-refractivity contribution is 5.95. The summed E-state index contributed by atoms with van der Waals surface area (Å²) < 4.78 is 0. The lowest BCUT2D eigenvalue weighted by molar-refractivity contribution is -0.145.